The van der Waals surface area contributed by atoms with Gasteiger partial charge in [0.15, 0.2) is 0 Å². The molecule has 2 aliphatic carbocycles. The van der Waals surface area contributed by atoms with E-state index in [0.717, 1.165) is 17.1 Å². The molecule has 9 aromatic rings. The number of benzene rings is 9. The highest BCUT2D eigenvalue weighted by atomic mass is 16.5. The highest BCUT2D eigenvalue weighted by molar-refractivity contribution is 6.14. The zero-order valence-corrected chi connectivity index (χ0v) is 27.1. The van der Waals surface area contributed by atoms with E-state index in [4.69, 9.17) is 4.74 Å². The summed E-state index contributed by atoms with van der Waals surface area (Å²) < 4.78 is 6.48. The quantitative estimate of drug-likeness (QED) is 0.175. The van der Waals surface area contributed by atoms with Crippen molar-refractivity contribution in [3.8, 4) is 56.0 Å². The molecule has 1 aliphatic heterocycles. The highest BCUT2D eigenvalue weighted by Gasteiger charge is 2.52. The molecule has 0 N–H and O–H groups in total. The molecule has 3 aliphatic rings. The topological polar surface area (TPSA) is 9.23 Å². The van der Waals surface area contributed by atoms with Crippen LogP contribution in [0.1, 0.15) is 22.3 Å². The Hall–Kier alpha value is -6.44. The molecular formula is C49H28O. The first-order valence-corrected chi connectivity index (χ1v) is 17.4. The smallest absolute Gasteiger partial charge is 0.135 e. The van der Waals surface area contributed by atoms with Gasteiger partial charge in [0.1, 0.15) is 11.5 Å². The van der Waals surface area contributed by atoms with E-state index in [1.165, 1.54) is 93.5 Å². The summed E-state index contributed by atoms with van der Waals surface area (Å²) in [5, 5.41) is 7.56. The Morgan fingerprint density at radius 2 is 0.940 bits per heavy atom. The molecule has 230 valence electrons. The number of ether oxygens (including phenoxy) is 1. The molecule has 0 saturated heterocycles. The third-order valence-corrected chi connectivity index (χ3v) is 11.7. The highest BCUT2D eigenvalue weighted by Crippen LogP contribution is 2.65. The van der Waals surface area contributed by atoms with Gasteiger partial charge >= 0.3 is 0 Å². The van der Waals surface area contributed by atoms with E-state index in [2.05, 4.69) is 164 Å². The number of fused-ring (bicyclic) bond motifs is 16. The van der Waals surface area contributed by atoms with Crippen LogP contribution < -0.4 is 4.74 Å². The SMILES string of the molecule is c1ccc2c(c1)Oc1ccc(-c3ccc4c(c3)C3(c5ccccc5-4)c4ccc5ccccc5c4-c4c3ccc3ccccc43)c3cccc-2c13. The molecule has 1 heterocycles. The number of hydrogen-bond donors (Lipinski definition) is 0. The van der Waals surface area contributed by atoms with Gasteiger partial charge in [0, 0.05) is 10.9 Å². The maximum absolute atomic E-state index is 6.48. The van der Waals surface area contributed by atoms with Crippen molar-refractivity contribution in [1.82, 2.24) is 0 Å². The largest absolute Gasteiger partial charge is 0.456 e. The molecule has 1 heteroatoms. The summed E-state index contributed by atoms with van der Waals surface area (Å²) in [7, 11) is 0. The van der Waals surface area contributed by atoms with Crippen molar-refractivity contribution in [2.75, 3.05) is 0 Å². The van der Waals surface area contributed by atoms with Gasteiger partial charge in [-0.2, -0.15) is 0 Å². The Morgan fingerprint density at radius 3 is 1.72 bits per heavy atom. The van der Waals surface area contributed by atoms with Crippen molar-refractivity contribution in [3.63, 3.8) is 0 Å². The van der Waals surface area contributed by atoms with Crippen LogP contribution in [0.25, 0.3) is 76.8 Å². The van der Waals surface area contributed by atoms with E-state index in [-0.39, 0.29) is 0 Å². The molecule has 0 bridgehead atoms. The molecule has 0 radical (unpaired) electrons. The molecule has 1 nitrogen and oxygen atoms in total. The van der Waals surface area contributed by atoms with Crippen LogP contribution in [-0.2, 0) is 5.41 Å². The Kier molecular flexibility index (Phi) is 4.97. The zero-order chi connectivity index (χ0) is 32.6. The Labute approximate surface area is 289 Å². The van der Waals surface area contributed by atoms with Gasteiger partial charge in [0.25, 0.3) is 0 Å². The predicted octanol–water partition coefficient (Wildman–Crippen LogP) is 12.9. The van der Waals surface area contributed by atoms with Crippen molar-refractivity contribution in [3.05, 3.63) is 192 Å². The van der Waals surface area contributed by atoms with Crippen LogP contribution in [0.15, 0.2) is 170 Å². The lowest BCUT2D eigenvalue weighted by molar-refractivity contribution is 0.487. The maximum atomic E-state index is 6.48. The van der Waals surface area contributed by atoms with Crippen LogP contribution >= 0.6 is 0 Å². The normalized spacial score (nSPS) is 13.9. The number of hydrogen-bond acceptors (Lipinski definition) is 1. The average molecular weight is 633 g/mol. The van der Waals surface area contributed by atoms with Gasteiger partial charge in [-0.05, 0) is 106 Å². The van der Waals surface area contributed by atoms with Crippen molar-refractivity contribution >= 4 is 32.3 Å². The Morgan fingerprint density at radius 1 is 0.340 bits per heavy atom. The third-order valence-electron chi connectivity index (χ3n) is 11.7. The van der Waals surface area contributed by atoms with Gasteiger partial charge in [-0.15, -0.1) is 0 Å². The summed E-state index contributed by atoms with van der Waals surface area (Å²) in [5.74, 6) is 1.83. The summed E-state index contributed by atoms with van der Waals surface area (Å²) >= 11 is 0. The first-order valence-electron chi connectivity index (χ1n) is 17.4. The summed E-state index contributed by atoms with van der Waals surface area (Å²) in [6.07, 6.45) is 0. The second-order valence-corrected chi connectivity index (χ2v) is 13.9. The predicted molar refractivity (Wildman–Crippen MR) is 206 cm³/mol. The van der Waals surface area contributed by atoms with Gasteiger partial charge in [-0.25, -0.2) is 0 Å². The molecule has 0 aromatic heterocycles. The molecule has 9 aromatic carbocycles. The van der Waals surface area contributed by atoms with Gasteiger partial charge in [-0.1, -0.05) is 152 Å². The second-order valence-electron chi connectivity index (χ2n) is 13.9. The first-order chi connectivity index (χ1) is 24.8. The summed E-state index contributed by atoms with van der Waals surface area (Å²) in [5.41, 5.74) is 15.2. The van der Waals surface area contributed by atoms with E-state index >= 15 is 0 Å². The first kappa shape index (κ1) is 26.5. The zero-order valence-electron chi connectivity index (χ0n) is 27.1. The minimum atomic E-state index is -0.449. The molecule has 0 unspecified atom stereocenters. The lowest BCUT2D eigenvalue weighted by Gasteiger charge is -2.31. The van der Waals surface area contributed by atoms with Crippen molar-refractivity contribution < 1.29 is 4.74 Å². The van der Waals surface area contributed by atoms with E-state index in [1.807, 2.05) is 6.07 Å². The van der Waals surface area contributed by atoms with E-state index < -0.39 is 5.41 Å². The molecule has 0 fully saturated rings. The van der Waals surface area contributed by atoms with Crippen LogP contribution in [0.5, 0.6) is 11.5 Å². The summed E-state index contributed by atoms with van der Waals surface area (Å²) in [6, 6.07) is 63.1. The van der Waals surface area contributed by atoms with Crippen LogP contribution in [0.2, 0.25) is 0 Å². The van der Waals surface area contributed by atoms with Crippen molar-refractivity contribution in [1.29, 1.82) is 0 Å². The average Bonchev–Trinajstić information content (AvgIpc) is 3.65. The van der Waals surface area contributed by atoms with E-state index in [9.17, 15) is 0 Å². The van der Waals surface area contributed by atoms with Gasteiger partial charge in [0.2, 0.25) is 0 Å². The van der Waals surface area contributed by atoms with E-state index in [0.29, 0.717) is 0 Å². The Balaban J connectivity index is 1.19. The fourth-order valence-electron chi connectivity index (χ4n) is 9.71. The van der Waals surface area contributed by atoms with Crippen molar-refractivity contribution in [2.24, 2.45) is 0 Å². The molecule has 50 heavy (non-hydrogen) atoms. The maximum Gasteiger partial charge on any atom is 0.135 e. The van der Waals surface area contributed by atoms with Crippen LogP contribution in [0, 0.1) is 0 Å². The lowest BCUT2D eigenvalue weighted by atomic mass is 9.70. The number of rotatable bonds is 1. The molecular weight excluding hydrogens is 605 g/mol. The van der Waals surface area contributed by atoms with Gasteiger partial charge in [-0.3, -0.25) is 0 Å². The lowest BCUT2D eigenvalue weighted by Crippen LogP contribution is -2.26. The molecule has 0 atom stereocenters. The second kappa shape index (κ2) is 9.37. The number of para-hydroxylation sites is 1. The molecule has 12 rings (SSSR count). The van der Waals surface area contributed by atoms with Gasteiger partial charge < -0.3 is 4.74 Å². The molecule has 1 spiro atoms. The fraction of sp³-hybridized carbons (Fsp3) is 0.0204. The third kappa shape index (κ3) is 3.14. The van der Waals surface area contributed by atoms with E-state index in [1.54, 1.807) is 0 Å². The van der Waals surface area contributed by atoms with Gasteiger partial charge in [0.05, 0.1) is 5.41 Å². The van der Waals surface area contributed by atoms with Crippen molar-refractivity contribution in [2.45, 2.75) is 5.41 Å². The molecule has 0 saturated carbocycles. The fourth-order valence-corrected chi connectivity index (χ4v) is 9.71. The monoisotopic (exact) mass is 632 g/mol. The van der Waals surface area contributed by atoms with Crippen LogP contribution in [-0.4, -0.2) is 0 Å². The minimum Gasteiger partial charge on any atom is -0.456 e. The minimum absolute atomic E-state index is 0.449. The van der Waals surface area contributed by atoms with Crippen LogP contribution in [0.3, 0.4) is 0 Å². The Bertz CT molecular complexity index is 2880. The summed E-state index contributed by atoms with van der Waals surface area (Å²) in [4.78, 5) is 0. The standard InChI is InChI=1S/C49H28O/c1-3-12-33-29(10-1)21-25-41-47(33)48-34-13-4-2-11-30(34)22-26-42(48)49(41)40-18-7-5-14-35(40)36-23-20-31(28-43(36)49)32-24-27-45-46-38(32)16-9-17-39(46)37-15-6-8-19-44(37)50-45/h1-28H. The summed E-state index contributed by atoms with van der Waals surface area (Å²) in [6.45, 7) is 0. The molecule has 0 amide bonds. The van der Waals surface area contributed by atoms with Crippen LogP contribution in [0.4, 0.5) is 0 Å².